The minimum Gasteiger partial charge on any atom is -0.495 e. The molecule has 2 rings (SSSR count). The molecule has 5 heteroatoms. The Balaban J connectivity index is 2.14. The van der Waals surface area contributed by atoms with Gasteiger partial charge in [0.1, 0.15) is 5.75 Å². The molecule has 1 aromatic heterocycles. The largest absolute Gasteiger partial charge is 0.495 e. The van der Waals surface area contributed by atoms with E-state index in [1.165, 1.54) is 4.88 Å². The van der Waals surface area contributed by atoms with Crippen LogP contribution in [0.15, 0.2) is 34.8 Å². The van der Waals surface area contributed by atoms with Gasteiger partial charge in [-0.25, -0.2) is 0 Å². The Labute approximate surface area is 124 Å². The van der Waals surface area contributed by atoms with Gasteiger partial charge in [0.15, 0.2) is 0 Å². The second-order valence-electron chi connectivity index (χ2n) is 3.86. The number of thiophene rings is 1. The molecule has 1 heterocycles. The molecule has 96 valence electrons. The van der Waals surface area contributed by atoms with Crippen LogP contribution in [0.1, 0.15) is 17.8 Å². The van der Waals surface area contributed by atoms with Crippen LogP contribution in [0.5, 0.6) is 5.75 Å². The van der Waals surface area contributed by atoms with Crippen molar-refractivity contribution in [3.63, 3.8) is 0 Å². The number of hydrogen-bond donors (Lipinski definition) is 1. The van der Waals surface area contributed by atoms with Gasteiger partial charge >= 0.3 is 0 Å². The molecule has 1 aromatic carbocycles. The molecular weight excluding hydrogens is 334 g/mol. The van der Waals surface area contributed by atoms with Gasteiger partial charge in [0, 0.05) is 16.6 Å². The molecule has 0 spiro atoms. The molecule has 0 amide bonds. The predicted octanol–water partition coefficient (Wildman–Crippen LogP) is 5.35. The minimum atomic E-state index is 0.216. The molecule has 1 unspecified atom stereocenters. The van der Waals surface area contributed by atoms with E-state index in [0.29, 0.717) is 0 Å². The Morgan fingerprint density at radius 2 is 2.11 bits per heavy atom. The summed E-state index contributed by atoms with van der Waals surface area (Å²) in [5.41, 5.74) is 1.02. The van der Waals surface area contributed by atoms with Gasteiger partial charge in [-0.3, -0.25) is 0 Å². The van der Waals surface area contributed by atoms with Crippen molar-refractivity contribution in [1.29, 1.82) is 0 Å². The molecule has 18 heavy (non-hydrogen) atoms. The number of hydrogen-bond acceptors (Lipinski definition) is 3. The van der Waals surface area contributed by atoms with Gasteiger partial charge in [0.25, 0.3) is 0 Å². The highest BCUT2D eigenvalue weighted by molar-refractivity contribution is 9.10. The van der Waals surface area contributed by atoms with Crippen molar-refractivity contribution >= 4 is 44.6 Å². The van der Waals surface area contributed by atoms with E-state index in [1.54, 1.807) is 18.4 Å². The first kappa shape index (κ1) is 13.7. The van der Waals surface area contributed by atoms with Crippen molar-refractivity contribution < 1.29 is 4.74 Å². The summed E-state index contributed by atoms with van der Waals surface area (Å²) in [6.07, 6.45) is 0. The molecule has 1 N–H and O–H groups in total. The highest BCUT2D eigenvalue weighted by Crippen LogP contribution is 2.32. The highest BCUT2D eigenvalue weighted by atomic mass is 79.9. The van der Waals surface area contributed by atoms with Crippen LogP contribution in [-0.4, -0.2) is 7.11 Å². The van der Waals surface area contributed by atoms with Gasteiger partial charge in [0.05, 0.1) is 22.0 Å². The monoisotopic (exact) mass is 345 g/mol. The summed E-state index contributed by atoms with van der Waals surface area (Å²) >= 11 is 11.0. The quantitative estimate of drug-likeness (QED) is 0.806. The van der Waals surface area contributed by atoms with Gasteiger partial charge in [-0.05, 0) is 47.1 Å². The summed E-state index contributed by atoms with van der Waals surface area (Å²) < 4.78 is 7.03. The first-order valence-electron chi connectivity index (χ1n) is 5.45. The molecule has 0 saturated heterocycles. The fraction of sp³-hybridized carbons (Fsp3) is 0.231. The fourth-order valence-electron chi connectivity index (χ4n) is 1.63. The number of nitrogens with one attached hydrogen (secondary N) is 1. The SMILES string of the molecule is COc1cc(NC(C)c2ccc(Cl)s2)ccc1Br. The zero-order chi connectivity index (χ0) is 13.1. The standard InChI is InChI=1S/C13H13BrClNOS/c1-8(12-5-6-13(15)18-12)16-9-3-4-10(14)11(7-9)17-2/h3-8,16H,1-2H3. The minimum absolute atomic E-state index is 0.216. The average molecular weight is 347 g/mol. The third kappa shape index (κ3) is 3.19. The van der Waals surface area contributed by atoms with Crippen LogP contribution in [0.4, 0.5) is 5.69 Å². The van der Waals surface area contributed by atoms with E-state index in [0.717, 1.165) is 20.2 Å². The Morgan fingerprint density at radius 3 is 2.72 bits per heavy atom. The van der Waals surface area contributed by atoms with Crippen molar-refractivity contribution in [1.82, 2.24) is 0 Å². The Hall–Kier alpha value is -0.710. The van der Waals surface area contributed by atoms with Crippen LogP contribution in [0.25, 0.3) is 0 Å². The van der Waals surface area contributed by atoms with Crippen LogP contribution in [0.3, 0.4) is 0 Å². The third-order valence-corrected chi connectivity index (χ3v) is 4.62. The Morgan fingerprint density at radius 1 is 1.33 bits per heavy atom. The van der Waals surface area contributed by atoms with Gasteiger partial charge in [0.2, 0.25) is 0 Å². The van der Waals surface area contributed by atoms with Crippen LogP contribution in [0, 0.1) is 0 Å². The number of benzene rings is 1. The fourth-order valence-corrected chi connectivity index (χ4v) is 3.10. The molecular formula is C13H13BrClNOS. The molecule has 0 aliphatic heterocycles. The lowest BCUT2D eigenvalue weighted by Crippen LogP contribution is -2.04. The summed E-state index contributed by atoms with van der Waals surface area (Å²) in [5.74, 6) is 0.816. The molecule has 2 aromatic rings. The highest BCUT2D eigenvalue weighted by Gasteiger charge is 2.09. The molecule has 0 aliphatic carbocycles. The van der Waals surface area contributed by atoms with Crippen LogP contribution in [-0.2, 0) is 0 Å². The maximum Gasteiger partial charge on any atom is 0.135 e. The summed E-state index contributed by atoms with van der Waals surface area (Å²) in [6, 6.07) is 10.1. The first-order valence-corrected chi connectivity index (χ1v) is 7.44. The zero-order valence-corrected chi connectivity index (χ0v) is 13.2. The van der Waals surface area contributed by atoms with Gasteiger partial charge in [-0.2, -0.15) is 0 Å². The van der Waals surface area contributed by atoms with Crippen molar-refractivity contribution in [2.24, 2.45) is 0 Å². The van der Waals surface area contributed by atoms with E-state index < -0.39 is 0 Å². The van der Waals surface area contributed by atoms with E-state index in [2.05, 4.69) is 28.2 Å². The molecule has 0 fully saturated rings. The van der Waals surface area contributed by atoms with Crippen molar-refractivity contribution in [2.75, 3.05) is 12.4 Å². The lowest BCUT2D eigenvalue weighted by molar-refractivity contribution is 0.412. The van der Waals surface area contributed by atoms with E-state index in [9.17, 15) is 0 Å². The number of ether oxygens (including phenoxy) is 1. The first-order chi connectivity index (χ1) is 8.60. The summed E-state index contributed by atoms with van der Waals surface area (Å²) in [7, 11) is 1.66. The Bertz CT molecular complexity index is 544. The van der Waals surface area contributed by atoms with Gasteiger partial charge in [-0.15, -0.1) is 11.3 Å². The second-order valence-corrected chi connectivity index (χ2v) is 6.46. The number of rotatable bonds is 4. The normalized spacial score (nSPS) is 12.2. The lowest BCUT2D eigenvalue weighted by Gasteiger charge is -2.15. The van der Waals surface area contributed by atoms with Crippen molar-refractivity contribution in [3.8, 4) is 5.75 Å². The van der Waals surface area contributed by atoms with Gasteiger partial charge < -0.3 is 10.1 Å². The average Bonchev–Trinajstić information content (AvgIpc) is 2.78. The maximum atomic E-state index is 5.94. The summed E-state index contributed by atoms with van der Waals surface area (Å²) in [5, 5.41) is 3.42. The molecule has 1 atom stereocenters. The van der Waals surface area contributed by atoms with E-state index in [1.807, 2.05) is 30.3 Å². The molecule has 0 aliphatic rings. The molecule has 2 nitrogen and oxygen atoms in total. The topological polar surface area (TPSA) is 21.3 Å². The Kier molecular flexibility index (Phi) is 4.54. The third-order valence-electron chi connectivity index (χ3n) is 2.56. The van der Waals surface area contributed by atoms with E-state index in [4.69, 9.17) is 16.3 Å². The molecule has 0 bridgehead atoms. The van der Waals surface area contributed by atoms with Crippen LogP contribution in [0.2, 0.25) is 4.34 Å². The smallest absolute Gasteiger partial charge is 0.135 e. The molecule has 0 saturated carbocycles. The second kappa shape index (κ2) is 5.95. The predicted molar refractivity (Wildman–Crippen MR) is 82.1 cm³/mol. The van der Waals surface area contributed by atoms with Crippen LogP contribution < -0.4 is 10.1 Å². The number of methoxy groups -OCH3 is 1. The van der Waals surface area contributed by atoms with Crippen molar-refractivity contribution in [3.05, 3.63) is 44.0 Å². The lowest BCUT2D eigenvalue weighted by atomic mass is 10.2. The zero-order valence-electron chi connectivity index (χ0n) is 10.0. The van der Waals surface area contributed by atoms with Crippen LogP contribution >= 0.6 is 38.9 Å². The van der Waals surface area contributed by atoms with E-state index in [-0.39, 0.29) is 6.04 Å². The number of halogens is 2. The van der Waals surface area contributed by atoms with Crippen molar-refractivity contribution in [2.45, 2.75) is 13.0 Å². The molecule has 0 radical (unpaired) electrons. The van der Waals surface area contributed by atoms with E-state index >= 15 is 0 Å². The number of anilines is 1. The summed E-state index contributed by atoms with van der Waals surface area (Å²) in [6.45, 7) is 2.11. The van der Waals surface area contributed by atoms with Gasteiger partial charge in [-0.1, -0.05) is 11.6 Å². The maximum absolute atomic E-state index is 5.94. The summed E-state index contributed by atoms with van der Waals surface area (Å²) in [4.78, 5) is 1.21.